The number of carbonyl (C=O) groups is 1. The van der Waals surface area contributed by atoms with Gasteiger partial charge in [-0.25, -0.2) is 4.68 Å². The third-order valence-electron chi connectivity index (χ3n) is 7.26. The second-order valence-corrected chi connectivity index (χ2v) is 9.43. The van der Waals surface area contributed by atoms with E-state index >= 15 is 0 Å². The van der Waals surface area contributed by atoms with Crippen LogP contribution in [-0.2, 0) is 16.9 Å². The third-order valence-corrected chi connectivity index (χ3v) is 7.26. The lowest BCUT2D eigenvalue weighted by Gasteiger charge is -2.61. The van der Waals surface area contributed by atoms with Crippen molar-refractivity contribution < 1.29 is 4.79 Å². The van der Waals surface area contributed by atoms with Gasteiger partial charge in [-0.1, -0.05) is 18.2 Å². The first-order chi connectivity index (χ1) is 14.5. The summed E-state index contributed by atoms with van der Waals surface area (Å²) in [5.41, 5.74) is -0.668. The zero-order chi connectivity index (χ0) is 20.3. The van der Waals surface area contributed by atoms with Gasteiger partial charge in [0.15, 0.2) is 6.33 Å². The fourth-order valence-electron chi connectivity index (χ4n) is 6.69. The monoisotopic (exact) mass is 405 g/mol. The molecule has 1 amide bonds. The zero-order valence-electron chi connectivity index (χ0n) is 16.6. The molecule has 1 N–H and O–H groups in total. The summed E-state index contributed by atoms with van der Waals surface area (Å²) in [6, 6.07) is 7.30. The molecule has 0 spiro atoms. The van der Waals surface area contributed by atoms with E-state index in [-0.39, 0.29) is 29.1 Å². The lowest BCUT2D eigenvalue weighted by Crippen LogP contribution is -2.66. The van der Waals surface area contributed by atoms with Crippen molar-refractivity contribution in [1.29, 1.82) is 0 Å². The van der Waals surface area contributed by atoms with Crippen LogP contribution in [0.25, 0.3) is 10.8 Å². The third kappa shape index (κ3) is 2.68. The molecule has 2 unspecified atom stereocenters. The molecular formula is C21H23N7O2. The first-order valence-electron chi connectivity index (χ1n) is 10.5. The Morgan fingerprint density at radius 3 is 2.70 bits per heavy atom. The van der Waals surface area contributed by atoms with Gasteiger partial charge in [-0.15, -0.1) is 10.2 Å². The number of aromatic nitrogens is 6. The Bertz CT molecular complexity index is 1170. The topological polar surface area (TPSA) is 108 Å². The number of tetrazole rings is 1. The lowest BCUT2D eigenvalue weighted by molar-refractivity contribution is -0.132. The Hall–Kier alpha value is -3.10. The lowest BCUT2D eigenvalue weighted by atomic mass is 9.50. The van der Waals surface area contributed by atoms with Crippen LogP contribution in [0.3, 0.4) is 0 Å². The molecule has 1 aromatic carbocycles. The number of carbonyl (C=O) groups excluding carboxylic acids is 1. The summed E-state index contributed by atoms with van der Waals surface area (Å²) in [6.45, 7) is -0.0741. The van der Waals surface area contributed by atoms with Crippen molar-refractivity contribution in [2.45, 2.75) is 56.1 Å². The Morgan fingerprint density at radius 1 is 1.13 bits per heavy atom. The minimum atomic E-state index is -0.269. The van der Waals surface area contributed by atoms with Gasteiger partial charge in [0.25, 0.3) is 5.56 Å². The molecule has 7 rings (SSSR count). The first-order valence-corrected chi connectivity index (χ1v) is 10.5. The molecule has 0 aliphatic heterocycles. The number of rotatable bonds is 4. The van der Waals surface area contributed by atoms with E-state index in [2.05, 4.69) is 25.8 Å². The second kappa shape index (κ2) is 6.20. The van der Waals surface area contributed by atoms with Crippen LogP contribution in [0.15, 0.2) is 41.6 Å². The molecule has 0 radical (unpaired) electrons. The predicted molar refractivity (Wildman–Crippen MR) is 107 cm³/mol. The summed E-state index contributed by atoms with van der Waals surface area (Å²) in [6.07, 6.45) is 9.19. The predicted octanol–water partition coefficient (Wildman–Crippen LogP) is 1.25. The number of benzene rings is 1. The van der Waals surface area contributed by atoms with Crippen molar-refractivity contribution in [3.63, 3.8) is 0 Å². The molecule has 4 saturated carbocycles. The van der Waals surface area contributed by atoms with E-state index in [1.54, 1.807) is 17.1 Å². The van der Waals surface area contributed by atoms with Crippen LogP contribution in [0.5, 0.6) is 0 Å². The highest BCUT2D eigenvalue weighted by molar-refractivity contribution is 5.81. The van der Waals surface area contributed by atoms with Crippen molar-refractivity contribution in [1.82, 2.24) is 35.3 Å². The molecule has 3 aromatic rings. The Kier molecular flexibility index (Phi) is 3.66. The summed E-state index contributed by atoms with van der Waals surface area (Å²) in [5, 5.41) is 21.4. The fraction of sp³-hybridized carbons (Fsp3) is 0.524. The van der Waals surface area contributed by atoms with Gasteiger partial charge in [-0.3, -0.25) is 9.59 Å². The van der Waals surface area contributed by atoms with Crippen LogP contribution in [0.2, 0.25) is 0 Å². The maximum atomic E-state index is 13.0. The van der Waals surface area contributed by atoms with E-state index in [9.17, 15) is 9.59 Å². The standard InChI is InChI=1S/C21H23N7O2/c29-18(11-27-19(30)17-4-2-1-3-16(17)10-23-27)25-20-6-14-5-15(7-20)9-21(8-14,12-20)28-24-13-22-26-28/h1-4,10,13-15H,5-9,11-12H2,(H,25,29)/t14-,15+,20?,21?. The van der Waals surface area contributed by atoms with Gasteiger partial charge in [0, 0.05) is 10.9 Å². The summed E-state index contributed by atoms with van der Waals surface area (Å²) < 4.78 is 1.26. The molecule has 0 saturated heterocycles. The van der Waals surface area contributed by atoms with Gasteiger partial charge in [0.2, 0.25) is 5.91 Å². The molecule has 30 heavy (non-hydrogen) atoms. The molecule has 2 heterocycles. The molecule has 9 heteroatoms. The minimum absolute atomic E-state index is 0.0741. The van der Waals surface area contributed by atoms with Gasteiger partial charge in [0.1, 0.15) is 6.54 Å². The van der Waals surface area contributed by atoms with Gasteiger partial charge in [-0.05, 0) is 61.6 Å². The van der Waals surface area contributed by atoms with E-state index in [1.807, 2.05) is 18.2 Å². The molecule has 4 atom stereocenters. The van der Waals surface area contributed by atoms with Gasteiger partial charge in [0.05, 0.1) is 17.1 Å². The smallest absolute Gasteiger partial charge is 0.275 e. The van der Waals surface area contributed by atoms with Gasteiger partial charge >= 0.3 is 0 Å². The largest absolute Gasteiger partial charge is 0.349 e. The Morgan fingerprint density at radius 2 is 1.93 bits per heavy atom. The van der Waals surface area contributed by atoms with E-state index < -0.39 is 0 Å². The molecule has 9 nitrogen and oxygen atoms in total. The number of nitrogens with one attached hydrogen (secondary N) is 1. The maximum Gasteiger partial charge on any atom is 0.275 e. The van der Waals surface area contributed by atoms with E-state index in [4.69, 9.17) is 0 Å². The summed E-state index contributed by atoms with van der Waals surface area (Å²) in [4.78, 5) is 27.5. The van der Waals surface area contributed by atoms with Crippen LogP contribution in [0.4, 0.5) is 0 Å². The van der Waals surface area contributed by atoms with Crippen LogP contribution in [-0.4, -0.2) is 41.4 Å². The van der Waals surface area contributed by atoms with Crippen LogP contribution in [0, 0.1) is 11.8 Å². The van der Waals surface area contributed by atoms with Gasteiger partial charge < -0.3 is 5.32 Å². The minimum Gasteiger partial charge on any atom is -0.349 e. The van der Waals surface area contributed by atoms with E-state index in [1.165, 1.54) is 17.4 Å². The van der Waals surface area contributed by atoms with Crippen molar-refractivity contribution >= 4 is 16.7 Å². The van der Waals surface area contributed by atoms with E-state index in [0.29, 0.717) is 17.2 Å². The van der Waals surface area contributed by atoms with Gasteiger partial charge in [-0.2, -0.15) is 9.90 Å². The molecule has 2 aromatic heterocycles. The SMILES string of the molecule is O=C(Cn1ncc2ccccc2c1=O)NC12C[C@H]3C[C@@H](C1)CC(n1ncnn1)(C3)C2. The normalized spacial score (nSPS) is 31.9. The average molecular weight is 405 g/mol. The highest BCUT2D eigenvalue weighted by atomic mass is 16.2. The highest BCUT2D eigenvalue weighted by Gasteiger charge is 2.60. The number of hydrogen-bond acceptors (Lipinski definition) is 6. The van der Waals surface area contributed by atoms with Crippen molar-refractivity contribution in [3.05, 3.63) is 47.1 Å². The summed E-state index contributed by atoms with van der Waals surface area (Å²) in [7, 11) is 0. The fourth-order valence-corrected chi connectivity index (χ4v) is 6.69. The zero-order valence-corrected chi connectivity index (χ0v) is 16.6. The molecule has 4 bridgehead atoms. The van der Waals surface area contributed by atoms with Crippen molar-refractivity contribution in [2.24, 2.45) is 11.8 Å². The van der Waals surface area contributed by atoms with E-state index in [0.717, 1.165) is 37.5 Å². The Balaban J connectivity index is 1.26. The number of hydrogen-bond donors (Lipinski definition) is 1. The van der Waals surface area contributed by atoms with Crippen LogP contribution in [0.1, 0.15) is 38.5 Å². The van der Waals surface area contributed by atoms with Crippen molar-refractivity contribution in [2.75, 3.05) is 0 Å². The molecule has 4 aliphatic rings. The molecule has 154 valence electrons. The molecule has 4 fully saturated rings. The van der Waals surface area contributed by atoms with Crippen LogP contribution < -0.4 is 10.9 Å². The molecular weight excluding hydrogens is 382 g/mol. The first kappa shape index (κ1) is 17.7. The molecule has 4 aliphatic carbocycles. The average Bonchev–Trinajstić information content (AvgIpc) is 3.25. The number of amides is 1. The highest BCUT2D eigenvalue weighted by Crippen LogP contribution is 2.60. The summed E-state index contributed by atoms with van der Waals surface area (Å²) in [5.74, 6) is 0.946. The second-order valence-electron chi connectivity index (χ2n) is 9.43. The van der Waals surface area contributed by atoms with Crippen LogP contribution >= 0.6 is 0 Å². The quantitative estimate of drug-likeness (QED) is 0.700. The Labute approximate surface area is 172 Å². The maximum absolute atomic E-state index is 13.0. The number of nitrogens with zero attached hydrogens (tertiary/aromatic N) is 6. The van der Waals surface area contributed by atoms with Crippen molar-refractivity contribution in [3.8, 4) is 0 Å². The number of fused-ring (bicyclic) bond motifs is 1. The summed E-state index contributed by atoms with van der Waals surface area (Å²) >= 11 is 0.